The van der Waals surface area contributed by atoms with Gasteiger partial charge < -0.3 is 14.7 Å². The van der Waals surface area contributed by atoms with Crippen molar-refractivity contribution in [2.24, 2.45) is 0 Å². The van der Waals surface area contributed by atoms with Crippen molar-refractivity contribution in [1.82, 2.24) is 9.80 Å². The normalized spacial score (nSPS) is 21.1. The van der Waals surface area contributed by atoms with Crippen molar-refractivity contribution >= 4 is 12.1 Å². The van der Waals surface area contributed by atoms with Gasteiger partial charge in [0.1, 0.15) is 6.61 Å². The van der Waals surface area contributed by atoms with Crippen LogP contribution in [0.1, 0.15) is 44.1 Å². The molecular formula is C20H28N2O4. The van der Waals surface area contributed by atoms with Crippen molar-refractivity contribution in [1.29, 1.82) is 0 Å². The SMILES string of the molecule is O=C(O)CN(C1CCCCC1)[C@H]1CCN(C(=O)OCc2ccccc2)C1. The second-order valence-electron chi connectivity index (χ2n) is 7.29. The van der Waals surface area contributed by atoms with E-state index < -0.39 is 5.97 Å². The molecule has 142 valence electrons. The van der Waals surface area contributed by atoms with Gasteiger partial charge >= 0.3 is 12.1 Å². The number of nitrogens with zero attached hydrogens (tertiary/aromatic N) is 2. The van der Waals surface area contributed by atoms with E-state index in [9.17, 15) is 14.7 Å². The maximum Gasteiger partial charge on any atom is 0.410 e. The first-order valence-electron chi connectivity index (χ1n) is 9.56. The molecule has 1 aromatic carbocycles. The van der Waals surface area contributed by atoms with Crippen molar-refractivity contribution in [3.63, 3.8) is 0 Å². The standard InChI is InChI=1S/C20H28N2O4/c23-19(24)14-22(17-9-5-2-6-10-17)18-11-12-21(13-18)20(25)26-15-16-7-3-1-4-8-16/h1,3-4,7-8,17-18H,2,5-6,9-15H2,(H,23,24)/t18-/m0/s1. The van der Waals surface area contributed by atoms with E-state index in [1.165, 1.54) is 6.42 Å². The van der Waals surface area contributed by atoms with Gasteiger partial charge in [-0.3, -0.25) is 9.69 Å². The van der Waals surface area contributed by atoms with Gasteiger partial charge in [-0.05, 0) is 24.8 Å². The summed E-state index contributed by atoms with van der Waals surface area (Å²) < 4.78 is 5.42. The summed E-state index contributed by atoms with van der Waals surface area (Å²) in [4.78, 5) is 27.5. The molecule has 0 bridgehead atoms. The quantitative estimate of drug-likeness (QED) is 0.844. The van der Waals surface area contributed by atoms with E-state index >= 15 is 0 Å². The van der Waals surface area contributed by atoms with Gasteiger partial charge in [0.05, 0.1) is 6.54 Å². The molecule has 2 aliphatic rings. The van der Waals surface area contributed by atoms with Crippen LogP contribution in [0.15, 0.2) is 30.3 Å². The zero-order valence-corrected chi connectivity index (χ0v) is 15.2. The Hall–Kier alpha value is -2.08. The third-order valence-electron chi connectivity index (χ3n) is 5.46. The Morgan fingerprint density at radius 2 is 1.81 bits per heavy atom. The van der Waals surface area contributed by atoms with Crippen LogP contribution in [-0.2, 0) is 16.1 Å². The van der Waals surface area contributed by atoms with E-state index in [1.54, 1.807) is 4.90 Å². The summed E-state index contributed by atoms with van der Waals surface area (Å²) in [7, 11) is 0. The zero-order chi connectivity index (χ0) is 18.4. The number of likely N-dealkylation sites (tertiary alicyclic amines) is 1. The third kappa shape index (κ3) is 4.97. The minimum absolute atomic E-state index is 0.0578. The molecule has 1 saturated carbocycles. The lowest BCUT2D eigenvalue weighted by atomic mass is 9.93. The van der Waals surface area contributed by atoms with Crippen LogP contribution in [0.2, 0.25) is 0 Å². The molecular weight excluding hydrogens is 332 g/mol. The van der Waals surface area contributed by atoms with Gasteiger partial charge in [0, 0.05) is 25.2 Å². The maximum atomic E-state index is 12.4. The summed E-state index contributed by atoms with van der Waals surface area (Å²) in [6.07, 6.45) is 6.18. The van der Waals surface area contributed by atoms with E-state index in [0.29, 0.717) is 19.1 Å². The predicted octanol–water partition coefficient (Wildman–Crippen LogP) is 3.12. The molecule has 0 aromatic heterocycles. The monoisotopic (exact) mass is 360 g/mol. The maximum absolute atomic E-state index is 12.4. The highest BCUT2D eigenvalue weighted by molar-refractivity contribution is 5.69. The highest BCUT2D eigenvalue weighted by Gasteiger charge is 2.35. The number of carboxylic acid groups (broad SMARTS) is 1. The summed E-state index contributed by atoms with van der Waals surface area (Å²) in [5.41, 5.74) is 0.964. The number of amides is 1. The largest absolute Gasteiger partial charge is 0.480 e. The van der Waals surface area contributed by atoms with Crippen LogP contribution >= 0.6 is 0 Å². The van der Waals surface area contributed by atoms with Crippen molar-refractivity contribution in [3.8, 4) is 0 Å². The van der Waals surface area contributed by atoms with Crippen LogP contribution < -0.4 is 0 Å². The molecule has 6 heteroatoms. The lowest BCUT2D eigenvalue weighted by Gasteiger charge is -2.37. The topological polar surface area (TPSA) is 70.1 Å². The molecule has 3 rings (SSSR count). The fraction of sp³-hybridized carbons (Fsp3) is 0.600. The van der Waals surface area contributed by atoms with Gasteiger partial charge in [-0.15, -0.1) is 0 Å². The fourth-order valence-corrected chi connectivity index (χ4v) is 4.11. The molecule has 1 aliphatic carbocycles. The van der Waals surface area contributed by atoms with E-state index in [-0.39, 0.29) is 25.3 Å². The molecule has 1 amide bonds. The second kappa shape index (κ2) is 9.03. The van der Waals surface area contributed by atoms with Crippen molar-refractivity contribution in [2.75, 3.05) is 19.6 Å². The average Bonchev–Trinajstić information content (AvgIpc) is 3.15. The predicted molar refractivity (Wildman–Crippen MR) is 97.8 cm³/mol. The summed E-state index contributed by atoms with van der Waals surface area (Å²) in [6.45, 7) is 1.50. The zero-order valence-electron chi connectivity index (χ0n) is 15.2. The number of carboxylic acids is 1. The van der Waals surface area contributed by atoms with Crippen molar-refractivity contribution in [2.45, 2.75) is 57.2 Å². The smallest absolute Gasteiger partial charge is 0.410 e. The number of hydrogen-bond donors (Lipinski definition) is 1. The van der Waals surface area contributed by atoms with Crippen molar-refractivity contribution in [3.05, 3.63) is 35.9 Å². The molecule has 1 saturated heterocycles. The molecule has 1 atom stereocenters. The molecule has 6 nitrogen and oxygen atoms in total. The molecule has 1 aromatic rings. The molecule has 0 radical (unpaired) electrons. The lowest BCUT2D eigenvalue weighted by Crippen LogP contribution is -2.48. The number of carbonyl (C=O) groups excluding carboxylic acids is 1. The third-order valence-corrected chi connectivity index (χ3v) is 5.46. The Balaban J connectivity index is 1.54. The number of benzene rings is 1. The Kier molecular flexibility index (Phi) is 6.50. The van der Waals surface area contributed by atoms with E-state index in [1.807, 2.05) is 30.3 Å². The summed E-state index contributed by atoms with van der Waals surface area (Å²) in [6, 6.07) is 10.1. The van der Waals surface area contributed by atoms with Crippen LogP contribution in [0.25, 0.3) is 0 Å². The number of ether oxygens (including phenoxy) is 1. The summed E-state index contributed by atoms with van der Waals surface area (Å²) >= 11 is 0. The molecule has 2 fully saturated rings. The first kappa shape index (κ1) is 18.7. The Bertz CT molecular complexity index is 601. The van der Waals surface area contributed by atoms with Crippen LogP contribution in [0.5, 0.6) is 0 Å². The number of carbonyl (C=O) groups is 2. The minimum atomic E-state index is -0.791. The first-order chi connectivity index (χ1) is 12.6. The highest BCUT2D eigenvalue weighted by Crippen LogP contribution is 2.27. The second-order valence-corrected chi connectivity index (χ2v) is 7.29. The fourth-order valence-electron chi connectivity index (χ4n) is 4.11. The first-order valence-corrected chi connectivity index (χ1v) is 9.56. The summed E-state index contributed by atoms with van der Waals surface area (Å²) in [5.74, 6) is -0.791. The molecule has 1 heterocycles. The van der Waals surface area contributed by atoms with Gasteiger partial charge in [-0.25, -0.2) is 4.79 Å². The molecule has 1 N–H and O–H groups in total. The minimum Gasteiger partial charge on any atom is -0.480 e. The van der Waals surface area contributed by atoms with Crippen LogP contribution in [0.3, 0.4) is 0 Å². The van der Waals surface area contributed by atoms with E-state index in [0.717, 1.165) is 37.7 Å². The summed E-state index contributed by atoms with van der Waals surface area (Å²) in [5, 5.41) is 9.31. The Morgan fingerprint density at radius 3 is 2.50 bits per heavy atom. The van der Waals surface area contributed by atoms with Crippen molar-refractivity contribution < 1.29 is 19.4 Å². The molecule has 26 heavy (non-hydrogen) atoms. The van der Waals surface area contributed by atoms with Crippen LogP contribution in [-0.4, -0.2) is 58.7 Å². The lowest BCUT2D eigenvalue weighted by molar-refractivity contribution is -0.139. The van der Waals surface area contributed by atoms with Gasteiger partial charge in [-0.2, -0.15) is 0 Å². The van der Waals surface area contributed by atoms with Gasteiger partial charge in [0.25, 0.3) is 0 Å². The Labute approximate surface area is 154 Å². The van der Waals surface area contributed by atoms with E-state index in [2.05, 4.69) is 4.90 Å². The average molecular weight is 360 g/mol. The Morgan fingerprint density at radius 1 is 1.08 bits per heavy atom. The van der Waals surface area contributed by atoms with Gasteiger partial charge in [-0.1, -0.05) is 49.6 Å². The molecule has 0 spiro atoms. The molecule has 0 unspecified atom stereocenters. The van der Waals surface area contributed by atoms with E-state index in [4.69, 9.17) is 4.74 Å². The number of aliphatic carboxylic acids is 1. The molecule has 1 aliphatic heterocycles. The number of hydrogen-bond acceptors (Lipinski definition) is 4. The number of rotatable bonds is 6. The van der Waals surface area contributed by atoms with Crippen LogP contribution in [0.4, 0.5) is 4.79 Å². The van der Waals surface area contributed by atoms with Crippen LogP contribution in [0, 0.1) is 0 Å². The van der Waals surface area contributed by atoms with Gasteiger partial charge in [0.2, 0.25) is 0 Å². The van der Waals surface area contributed by atoms with Gasteiger partial charge in [0.15, 0.2) is 0 Å². The highest BCUT2D eigenvalue weighted by atomic mass is 16.6.